The highest BCUT2D eigenvalue weighted by Crippen LogP contribution is 2.40. The Kier molecular flexibility index (Phi) is 7.41. The van der Waals surface area contributed by atoms with Crippen LogP contribution in [-0.2, 0) is 4.74 Å². The lowest BCUT2D eigenvalue weighted by atomic mass is 9.71. The van der Waals surface area contributed by atoms with Gasteiger partial charge in [-0.1, -0.05) is 46.0 Å². The molecule has 0 N–H and O–H groups in total. The van der Waals surface area contributed by atoms with E-state index >= 15 is 0 Å². The van der Waals surface area contributed by atoms with E-state index < -0.39 is 0 Å². The normalized spacial score (nSPS) is 35.1. The topological polar surface area (TPSA) is 9.23 Å². The highest BCUT2D eigenvalue weighted by Gasteiger charge is 2.30. The van der Waals surface area contributed by atoms with Crippen LogP contribution >= 0.6 is 0 Å². The molecule has 0 aliphatic heterocycles. The third kappa shape index (κ3) is 5.39. The summed E-state index contributed by atoms with van der Waals surface area (Å²) in [6.45, 7) is 5.71. The zero-order chi connectivity index (χ0) is 14.2. The molecule has 0 saturated heterocycles. The van der Waals surface area contributed by atoms with Crippen LogP contribution in [-0.4, -0.2) is 12.7 Å². The molecule has 0 spiro atoms. The summed E-state index contributed by atoms with van der Waals surface area (Å²) in [4.78, 5) is 0. The van der Waals surface area contributed by atoms with Crippen molar-refractivity contribution in [2.24, 2.45) is 17.8 Å². The second kappa shape index (κ2) is 9.07. The largest absolute Gasteiger partial charge is 0.378 e. The van der Waals surface area contributed by atoms with E-state index in [4.69, 9.17) is 4.74 Å². The average Bonchev–Trinajstić information content (AvgIpc) is 2.49. The number of unbranched alkanes of at least 4 members (excludes halogenated alkanes) is 3. The average molecular weight is 280 g/mol. The van der Waals surface area contributed by atoms with Gasteiger partial charge in [-0.3, -0.25) is 0 Å². The van der Waals surface area contributed by atoms with Gasteiger partial charge in [0, 0.05) is 6.61 Å². The van der Waals surface area contributed by atoms with Crippen molar-refractivity contribution in [1.82, 2.24) is 0 Å². The van der Waals surface area contributed by atoms with Crippen molar-refractivity contribution >= 4 is 0 Å². The maximum Gasteiger partial charge on any atom is 0.0575 e. The maximum absolute atomic E-state index is 6.08. The summed E-state index contributed by atoms with van der Waals surface area (Å²) >= 11 is 0. The summed E-state index contributed by atoms with van der Waals surface area (Å²) in [5.74, 6) is 3.08. The fourth-order valence-electron chi connectivity index (χ4n) is 4.26. The van der Waals surface area contributed by atoms with E-state index in [1.807, 2.05) is 0 Å². The molecule has 1 heteroatoms. The predicted octanol–water partition coefficient (Wildman–Crippen LogP) is 5.97. The molecule has 2 saturated carbocycles. The summed E-state index contributed by atoms with van der Waals surface area (Å²) in [5, 5.41) is 0. The van der Waals surface area contributed by atoms with Crippen molar-refractivity contribution in [2.75, 3.05) is 6.61 Å². The fraction of sp³-hybridized carbons (Fsp3) is 1.00. The first kappa shape index (κ1) is 16.3. The van der Waals surface area contributed by atoms with Crippen LogP contribution in [0.2, 0.25) is 0 Å². The molecule has 0 heterocycles. The van der Waals surface area contributed by atoms with Crippen LogP contribution in [0.3, 0.4) is 0 Å². The van der Waals surface area contributed by atoms with E-state index in [2.05, 4.69) is 13.8 Å². The van der Waals surface area contributed by atoms with Gasteiger partial charge in [0.05, 0.1) is 6.10 Å². The molecule has 0 atom stereocenters. The number of hydrogen-bond acceptors (Lipinski definition) is 1. The molecule has 0 bridgehead atoms. The van der Waals surface area contributed by atoms with Gasteiger partial charge in [0.15, 0.2) is 0 Å². The first-order valence-electron chi connectivity index (χ1n) is 9.41. The van der Waals surface area contributed by atoms with Gasteiger partial charge in [0.2, 0.25) is 0 Å². The summed E-state index contributed by atoms with van der Waals surface area (Å²) < 4.78 is 6.08. The van der Waals surface area contributed by atoms with Gasteiger partial charge in [-0.15, -0.1) is 0 Å². The third-order valence-corrected chi connectivity index (χ3v) is 5.80. The first-order valence-corrected chi connectivity index (χ1v) is 9.41. The van der Waals surface area contributed by atoms with Crippen molar-refractivity contribution in [1.29, 1.82) is 0 Å². The molecule has 0 radical (unpaired) electrons. The molecule has 0 aromatic carbocycles. The summed E-state index contributed by atoms with van der Waals surface area (Å²) in [6, 6.07) is 0. The van der Waals surface area contributed by atoms with E-state index in [0.29, 0.717) is 6.10 Å². The molecular weight excluding hydrogens is 244 g/mol. The van der Waals surface area contributed by atoms with E-state index in [-0.39, 0.29) is 0 Å². The van der Waals surface area contributed by atoms with E-state index in [1.165, 1.54) is 77.0 Å². The third-order valence-electron chi connectivity index (χ3n) is 5.80. The zero-order valence-corrected chi connectivity index (χ0v) is 13.9. The molecule has 0 aromatic rings. The number of ether oxygens (including phenoxy) is 1. The van der Waals surface area contributed by atoms with Crippen LogP contribution in [0, 0.1) is 17.8 Å². The van der Waals surface area contributed by atoms with Crippen LogP contribution in [0.25, 0.3) is 0 Å². The molecule has 2 aliphatic carbocycles. The lowest BCUT2D eigenvalue weighted by Crippen LogP contribution is -2.28. The second-order valence-electron chi connectivity index (χ2n) is 7.49. The van der Waals surface area contributed by atoms with Crippen LogP contribution in [0.5, 0.6) is 0 Å². The molecule has 2 rings (SSSR count). The smallest absolute Gasteiger partial charge is 0.0575 e. The lowest BCUT2D eigenvalue weighted by molar-refractivity contribution is 0.00566. The second-order valence-corrected chi connectivity index (χ2v) is 7.49. The van der Waals surface area contributed by atoms with Crippen molar-refractivity contribution in [3.05, 3.63) is 0 Å². The number of hydrogen-bond donors (Lipinski definition) is 0. The summed E-state index contributed by atoms with van der Waals surface area (Å²) in [5.41, 5.74) is 0. The molecule has 2 fully saturated rings. The number of rotatable bonds is 7. The van der Waals surface area contributed by atoms with Gasteiger partial charge in [-0.2, -0.15) is 0 Å². The Balaban J connectivity index is 1.55. The monoisotopic (exact) mass is 280 g/mol. The zero-order valence-electron chi connectivity index (χ0n) is 13.9. The van der Waals surface area contributed by atoms with Crippen molar-refractivity contribution in [2.45, 2.75) is 97.0 Å². The molecular formula is C19H36O. The van der Waals surface area contributed by atoms with Gasteiger partial charge in [-0.05, 0) is 62.7 Å². The molecule has 0 amide bonds. The van der Waals surface area contributed by atoms with Crippen molar-refractivity contribution < 1.29 is 4.74 Å². The van der Waals surface area contributed by atoms with Crippen LogP contribution in [0.4, 0.5) is 0 Å². The Bertz CT molecular complexity index is 234. The quantitative estimate of drug-likeness (QED) is 0.522. The Morgan fingerprint density at radius 3 is 1.95 bits per heavy atom. The minimum absolute atomic E-state index is 0.593. The molecule has 118 valence electrons. The van der Waals surface area contributed by atoms with Gasteiger partial charge >= 0.3 is 0 Å². The van der Waals surface area contributed by atoms with E-state index in [1.54, 1.807) is 0 Å². The Labute approximate surface area is 126 Å². The van der Waals surface area contributed by atoms with Crippen LogP contribution in [0.15, 0.2) is 0 Å². The Hall–Kier alpha value is -0.0400. The van der Waals surface area contributed by atoms with Gasteiger partial charge in [-0.25, -0.2) is 0 Å². The maximum atomic E-state index is 6.08. The van der Waals surface area contributed by atoms with Crippen molar-refractivity contribution in [3.63, 3.8) is 0 Å². The Morgan fingerprint density at radius 1 is 0.750 bits per heavy atom. The molecule has 0 aromatic heterocycles. The van der Waals surface area contributed by atoms with Gasteiger partial charge in [0.25, 0.3) is 0 Å². The SMILES string of the molecule is CCCCCCO[C@H]1CC[C@H](C2CCC(C)CC2)CC1. The highest BCUT2D eigenvalue weighted by molar-refractivity contribution is 4.81. The van der Waals surface area contributed by atoms with Crippen LogP contribution < -0.4 is 0 Å². The summed E-state index contributed by atoms with van der Waals surface area (Å²) in [7, 11) is 0. The fourth-order valence-corrected chi connectivity index (χ4v) is 4.26. The minimum Gasteiger partial charge on any atom is -0.378 e. The lowest BCUT2D eigenvalue weighted by Gasteiger charge is -2.37. The van der Waals surface area contributed by atoms with Crippen LogP contribution in [0.1, 0.15) is 90.9 Å². The molecule has 20 heavy (non-hydrogen) atoms. The standard InChI is InChI=1S/C19H36O/c1-3-4-5-6-15-20-19-13-11-18(12-14-19)17-9-7-16(2)8-10-17/h16-19H,3-15H2,1-2H3/t16?,17?,18-,19-. The molecule has 2 aliphatic rings. The minimum atomic E-state index is 0.593. The predicted molar refractivity (Wildman–Crippen MR) is 87.0 cm³/mol. The summed E-state index contributed by atoms with van der Waals surface area (Å²) in [6.07, 6.45) is 17.5. The first-order chi connectivity index (χ1) is 9.79. The highest BCUT2D eigenvalue weighted by atomic mass is 16.5. The van der Waals surface area contributed by atoms with Crippen molar-refractivity contribution in [3.8, 4) is 0 Å². The Morgan fingerprint density at radius 2 is 1.35 bits per heavy atom. The van der Waals surface area contributed by atoms with E-state index in [0.717, 1.165) is 24.4 Å². The van der Waals surface area contributed by atoms with Gasteiger partial charge in [0.1, 0.15) is 0 Å². The molecule has 0 unspecified atom stereocenters. The molecule has 1 nitrogen and oxygen atoms in total. The van der Waals surface area contributed by atoms with E-state index in [9.17, 15) is 0 Å². The van der Waals surface area contributed by atoms with Gasteiger partial charge < -0.3 is 4.74 Å².